The highest BCUT2D eigenvalue weighted by molar-refractivity contribution is 6.06. The van der Waals surface area contributed by atoms with E-state index in [9.17, 15) is 14.4 Å². The lowest BCUT2D eigenvalue weighted by Gasteiger charge is -2.15. The summed E-state index contributed by atoms with van der Waals surface area (Å²) in [6.45, 7) is 2.50. The zero-order valence-electron chi connectivity index (χ0n) is 21.3. The summed E-state index contributed by atoms with van der Waals surface area (Å²) in [5.41, 5.74) is 1.46. The second-order valence-corrected chi connectivity index (χ2v) is 8.26. The van der Waals surface area contributed by atoms with Crippen LogP contribution in [0.2, 0.25) is 0 Å². The third kappa shape index (κ3) is 5.92. The van der Waals surface area contributed by atoms with Gasteiger partial charge in [0.05, 0.1) is 32.0 Å². The predicted molar refractivity (Wildman–Crippen MR) is 143 cm³/mol. The first kappa shape index (κ1) is 26.2. The molecule has 1 N–H and O–H groups in total. The van der Waals surface area contributed by atoms with Crippen molar-refractivity contribution in [1.29, 1.82) is 0 Å². The number of ether oxygens (including phenoxy) is 4. The SMILES string of the molecule is CCOc1ccc(C(=O)Nc2cc(C(=O)OC)cc(C(=O)OC)c2)cc1COc1cccc2ccccc12. The van der Waals surface area contributed by atoms with Crippen LogP contribution in [0.4, 0.5) is 5.69 Å². The van der Waals surface area contributed by atoms with Crippen molar-refractivity contribution < 1.29 is 33.3 Å². The molecule has 8 nitrogen and oxygen atoms in total. The Labute approximate surface area is 220 Å². The van der Waals surface area contributed by atoms with Crippen molar-refractivity contribution in [3.63, 3.8) is 0 Å². The number of benzene rings is 4. The molecule has 0 saturated heterocycles. The first-order valence-corrected chi connectivity index (χ1v) is 11.9. The average molecular weight is 514 g/mol. The van der Waals surface area contributed by atoms with Crippen LogP contribution in [0.5, 0.6) is 11.5 Å². The number of amides is 1. The van der Waals surface area contributed by atoms with E-state index < -0.39 is 17.8 Å². The summed E-state index contributed by atoms with van der Waals surface area (Å²) in [4.78, 5) is 37.3. The molecule has 0 aliphatic carbocycles. The van der Waals surface area contributed by atoms with Crippen LogP contribution >= 0.6 is 0 Å². The van der Waals surface area contributed by atoms with Gasteiger partial charge in [-0.1, -0.05) is 36.4 Å². The molecular weight excluding hydrogens is 486 g/mol. The van der Waals surface area contributed by atoms with E-state index in [1.165, 1.54) is 32.4 Å². The van der Waals surface area contributed by atoms with E-state index in [2.05, 4.69) is 5.32 Å². The van der Waals surface area contributed by atoms with Gasteiger partial charge in [-0.15, -0.1) is 0 Å². The lowest BCUT2D eigenvalue weighted by Crippen LogP contribution is -2.15. The Morgan fingerprint density at radius 3 is 2.08 bits per heavy atom. The van der Waals surface area contributed by atoms with Gasteiger partial charge < -0.3 is 24.3 Å². The van der Waals surface area contributed by atoms with E-state index >= 15 is 0 Å². The lowest BCUT2D eigenvalue weighted by atomic mass is 10.1. The molecule has 8 heteroatoms. The van der Waals surface area contributed by atoms with E-state index in [0.29, 0.717) is 23.5 Å². The van der Waals surface area contributed by atoms with Crippen molar-refractivity contribution in [1.82, 2.24) is 0 Å². The van der Waals surface area contributed by atoms with Crippen LogP contribution in [0.25, 0.3) is 10.8 Å². The normalized spacial score (nSPS) is 10.5. The maximum Gasteiger partial charge on any atom is 0.337 e. The molecule has 0 spiro atoms. The zero-order chi connectivity index (χ0) is 27.1. The van der Waals surface area contributed by atoms with Crippen molar-refractivity contribution in [3.05, 3.63) is 101 Å². The number of rotatable bonds is 9. The first-order chi connectivity index (χ1) is 18.4. The molecule has 0 atom stereocenters. The molecule has 0 saturated carbocycles. The number of hydrogen-bond donors (Lipinski definition) is 1. The average Bonchev–Trinajstić information content (AvgIpc) is 2.95. The molecule has 0 aliphatic heterocycles. The molecule has 0 unspecified atom stereocenters. The van der Waals surface area contributed by atoms with Crippen LogP contribution in [0.3, 0.4) is 0 Å². The number of nitrogens with one attached hydrogen (secondary N) is 1. The maximum absolute atomic E-state index is 13.2. The third-order valence-electron chi connectivity index (χ3n) is 5.79. The van der Waals surface area contributed by atoms with Gasteiger partial charge in [-0.05, 0) is 54.8 Å². The Kier molecular flexibility index (Phi) is 8.23. The number of fused-ring (bicyclic) bond motifs is 1. The topological polar surface area (TPSA) is 100 Å². The van der Waals surface area contributed by atoms with Gasteiger partial charge in [0, 0.05) is 22.2 Å². The van der Waals surface area contributed by atoms with Gasteiger partial charge in [0.15, 0.2) is 0 Å². The zero-order valence-corrected chi connectivity index (χ0v) is 21.3. The van der Waals surface area contributed by atoms with E-state index in [1.54, 1.807) is 18.2 Å². The highest BCUT2D eigenvalue weighted by Crippen LogP contribution is 2.28. The number of methoxy groups -OCH3 is 2. The molecule has 0 bridgehead atoms. The second kappa shape index (κ2) is 11.9. The van der Waals surface area contributed by atoms with E-state index in [4.69, 9.17) is 18.9 Å². The van der Waals surface area contributed by atoms with Gasteiger partial charge in [0.2, 0.25) is 0 Å². The minimum absolute atomic E-state index is 0.0987. The maximum atomic E-state index is 13.2. The summed E-state index contributed by atoms with van der Waals surface area (Å²) in [7, 11) is 2.46. The highest BCUT2D eigenvalue weighted by Gasteiger charge is 2.17. The second-order valence-electron chi connectivity index (χ2n) is 8.26. The van der Waals surface area contributed by atoms with Gasteiger partial charge in [-0.25, -0.2) is 9.59 Å². The van der Waals surface area contributed by atoms with E-state index in [1.807, 2.05) is 49.4 Å². The molecule has 0 fully saturated rings. The first-order valence-electron chi connectivity index (χ1n) is 11.9. The Morgan fingerprint density at radius 1 is 0.711 bits per heavy atom. The monoisotopic (exact) mass is 513 g/mol. The van der Waals surface area contributed by atoms with Crippen LogP contribution in [0.15, 0.2) is 78.9 Å². The fourth-order valence-corrected chi connectivity index (χ4v) is 3.98. The molecule has 4 aromatic rings. The van der Waals surface area contributed by atoms with Gasteiger partial charge in [-0.3, -0.25) is 4.79 Å². The van der Waals surface area contributed by atoms with Gasteiger partial charge >= 0.3 is 11.9 Å². The van der Waals surface area contributed by atoms with Crippen molar-refractivity contribution in [2.75, 3.05) is 26.1 Å². The summed E-state index contributed by atoms with van der Waals surface area (Å²) in [6.07, 6.45) is 0. The molecule has 0 aliphatic rings. The number of esters is 2. The van der Waals surface area contributed by atoms with Crippen LogP contribution in [0.1, 0.15) is 43.6 Å². The summed E-state index contributed by atoms with van der Waals surface area (Å²) in [6, 6.07) is 23.0. The Hall–Kier alpha value is -4.85. The minimum atomic E-state index is -0.653. The van der Waals surface area contributed by atoms with Crippen molar-refractivity contribution >= 4 is 34.3 Å². The molecule has 1 amide bonds. The third-order valence-corrected chi connectivity index (χ3v) is 5.79. The molecule has 4 aromatic carbocycles. The molecule has 4 rings (SSSR count). The Bertz CT molecular complexity index is 1460. The van der Waals surface area contributed by atoms with Crippen LogP contribution in [-0.2, 0) is 16.1 Å². The van der Waals surface area contributed by atoms with E-state index in [0.717, 1.165) is 16.5 Å². The number of hydrogen-bond acceptors (Lipinski definition) is 7. The number of anilines is 1. The molecular formula is C30H27NO7. The molecule has 38 heavy (non-hydrogen) atoms. The molecule has 0 heterocycles. The van der Waals surface area contributed by atoms with Crippen LogP contribution < -0.4 is 14.8 Å². The van der Waals surface area contributed by atoms with Crippen molar-refractivity contribution in [2.45, 2.75) is 13.5 Å². The summed E-state index contributed by atoms with van der Waals surface area (Å²) in [5.74, 6) is -0.432. The van der Waals surface area contributed by atoms with Gasteiger partial charge in [0.25, 0.3) is 5.91 Å². The molecule has 194 valence electrons. The Morgan fingerprint density at radius 2 is 1.39 bits per heavy atom. The smallest absolute Gasteiger partial charge is 0.337 e. The summed E-state index contributed by atoms with van der Waals surface area (Å²) in [5, 5.41) is 4.78. The lowest BCUT2D eigenvalue weighted by molar-refractivity contribution is 0.0598. The molecule has 0 aromatic heterocycles. The fourth-order valence-electron chi connectivity index (χ4n) is 3.98. The highest BCUT2D eigenvalue weighted by atomic mass is 16.5. The largest absolute Gasteiger partial charge is 0.493 e. The van der Waals surface area contributed by atoms with Crippen LogP contribution in [-0.4, -0.2) is 38.7 Å². The predicted octanol–water partition coefficient (Wildman–Crippen LogP) is 5.64. The summed E-state index contributed by atoms with van der Waals surface area (Å²) >= 11 is 0. The van der Waals surface area contributed by atoms with Crippen LogP contribution in [0, 0.1) is 0 Å². The number of carbonyl (C=O) groups excluding carboxylic acids is 3. The quantitative estimate of drug-likeness (QED) is 0.289. The minimum Gasteiger partial charge on any atom is -0.493 e. The fraction of sp³-hybridized carbons (Fsp3) is 0.167. The van der Waals surface area contributed by atoms with E-state index in [-0.39, 0.29) is 23.4 Å². The number of carbonyl (C=O) groups is 3. The van der Waals surface area contributed by atoms with Crippen molar-refractivity contribution in [2.24, 2.45) is 0 Å². The standard InChI is InChI=1S/C30H27NO7/c1-4-37-26-13-12-20(14-23(26)18-38-27-11-7-9-19-8-5-6-10-25(19)27)28(32)31-24-16-21(29(33)35-2)15-22(17-24)30(34)36-3/h5-17H,4,18H2,1-3H3,(H,31,32). The molecule has 0 radical (unpaired) electrons. The van der Waals surface area contributed by atoms with Crippen molar-refractivity contribution in [3.8, 4) is 11.5 Å². The summed E-state index contributed by atoms with van der Waals surface area (Å²) < 4.78 is 21.4. The van der Waals surface area contributed by atoms with Gasteiger partial charge in [-0.2, -0.15) is 0 Å². The van der Waals surface area contributed by atoms with Gasteiger partial charge in [0.1, 0.15) is 18.1 Å². The Balaban J connectivity index is 1.60.